The molecule has 2 atom stereocenters. The first-order valence-corrected chi connectivity index (χ1v) is 6.45. The SMILES string of the molecule is CC(O)C(NCNc1cccc2ccccc12)C(=O)O. The molecule has 0 heterocycles. The van der Waals surface area contributed by atoms with Crippen LogP contribution in [0.4, 0.5) is 5.69 Å². The van der Waals surface area contributed by atoms with Crippen molar-refractivity contribution in [2.24, 2.45) is 0 Å². The first-order valence-electron chi connectivity index (χ1n) is 6.45. The lowest BCUT2D eigenvalue weighted by atomic mass is 10.1. The van der Waals surface area contributed by atoms with E-state index in [1.165, 1.54) is 6.92 Å². The average molecular weight is 274 g/mol. The van der Waals surface area contributed by atoms with Gasteiger partial charge < -0.3 is 15.5 Å². The molecule has 5 nitrogen and oxygen atoms in total. The van der Waals surface area contributed by atoms with Gasteiger partial charge in [-0.05, 0) is 18.4 Å². The van der Waals surface area contributed by atoms with Crippen molar-refractivity contribution in [3.8, 4) is 0 Å². The number of hydrogen-bond donors (Lipinski definition) is 4. The van der Waals surface area contributed by atoms with E-state index < -0.39 is 18.1 Å². The van der Waals surface area contributed by atoms with Gasteiger partial charge in [-0.2, -0.15) is 0 Å². The molecule has 0 aliphatic rings. The first-order chi connectivity index (χ1) is 9.59. The van der Waals surface area contributed by atoms with Crippen LogP contribution >= 0.6 is 0 Å². The lowest BCUT2D eigenvalue weighted by Crippen LogP contribution is -2.46. The second kappa shape index (κ2) is 6.36. The number of benzene rings is 2. The molecule has 0 aliphatic heterocycles. The van der Waals surface area contributed by atoms with Gasteiger partial charge in [0.15, 0.2) is 0 Å². The third kappa shape index (κ3) is 3.26. The van der Waals surface area contributed by atoms with Crippen molar-refractivity contribution in [2.45, 2.75) is 19.1 Å². The predicted octanol–water partition coefficient (Wildman–Crippen LogP) is 1.63. The minimum absolute atomic E-state index is 0.260. The molecule has 4 N–H and O–H groups in total. The lowest BCUT2D eigenvalue weighted by Gasteiger charge is -2.18. The fraction of sp³-hybridized carbons (Fsp3) is 0.267. The first kappa shape index (κ1) is 14.3. The second-order valence-electron chi connectivity index (χ2n) is 4.64. The van der Waals surface area contributed by atoms with Crippen LogP contribution in [-0.4, -0.2) is 35.0 Å². The molecule has 0 aliphatic carbocycles. The molecule has 20 heavy (non-hydrogen) atoms. The van der Waals surface area contributed by atoms with Crippen LogP contribution in [0.2, 0.25) is 0 Å². The number of anilines is 1. The van der Waals surface area contributed by atoms with Crippen LogP contribution < -0.4 is 10.6 Å². The Morgan fingerprint density at radius 2 is 1.90 bits per heavy atom. The number of nitrogens with one attached hydrogen (secondary N) is 2. The van der Waals surface area contributed by atoms with Crippen molar-refractivity contribution in [1.29, 1.82) is 0 Å². The molecule has 106 valence electrons. The number of aliphatic hydroxyl groups excluding tert-OH is 1. The van der Waals surface area contributed by atoms with Crippen LogP contribution in [0.15, 0.2) is 42.5 Å². The molecule has 0 aromatic heterocycles. The number of rotatable bonds is 6. The molecular weight excluding hydrogens is 256 g/mol. The Labute approximate surface area is 117 Å². The van der Waals surface area contributed by atoms with Gasteiger partial charge in [0.2, 0.25) is 0 Å². The molecule has 0 saturated heterocycles. The van der Waals surface area contributed by atoms with Crippen molar-refractivity contribution in [1.82, 2.24) is 5.32 Å². The van der Waals surface area contributed by atoms with E-state index in [0.29, 0.717) is 0 Å². The minimum atomic E-state index is -1.07. The molecule has 2 rings (SSSR count). The van der Waals surface area contributed by atoms with E-state index in [2.05, 4.69) is 10.6 Å². The largest absolute Gasteiger partial charge is 0.480 e. The quantitative estimate of drug-likeness (QED) is 0.602. The zero-order valence-corrected chi connectivity index (χ0v) is 11.2. The van der Waals surface area contributed by atoms with Crippen LogP contribution in [-0.2, 0) is 4.79 Å². The molecule has 5 heteroatoms. The maximum Gasteiger partial charge on any atom is 0.323 e. The van der Waals surface area contributed by atoms with E-state index in [4.69, 9.17) is 5.11 Å². The van der Waals surface area contributed by atoms with E-state index in [9.17, 15) is 9.90 Å². The Kier molecular flexibility index (Phi) is 4.55. The summed E-state index contributed by atoms with van der Waals surface area (Å²) in [5, 5.41) is 26.4. The van der Waals surface area contributed by atoms with Crippen molar-refractivity contribution >= 4 is 22.4 Å². The maximum atomic E-state index is 10.9. The summed E-state index contributed by atoms with van der Waals surface area (Å²) in [4.78, 5) is 10.9. The lowest BCUT2D eigenvalue weighted by molar-refractivity contribution is -0.142. The van der Waals surface area contributed by atoms with Crippen molar-refractivity contribution in [2.75, 3.05) is 12.0 Å². The topological polar surface area (TPSA) is 81.6 Å². The van der Waals surface area contributed by atoms with E-state index in [1.807, 2.05) is 42.5 Å². The molecule has 0 radical (unpaired) electrons. The Bertz CT molecular complexity index is 593. The fourth-order valence-corrected chi connectivity index (χ4v) is 2.10. The molecule has 0 saturated carbocycles. The maximum absolute atomic E-state index is 10.9. The summed E-state index contributed by atoms with van der Waals surface area (Å²) in [6, 6.07) is 12.8. The molecule has 0 bridgehead atoms. The number of hydrogen-bond acceptors (Lipinski definition) is 4. The highest BCUT2D eigenvalue weighted by Crippen LogP contribution is 2.22. The van der Waals surface area contributed by atoms with E-state index in [0.717, 1.165) is 16.5 Å². The van der Waals surface area contributed by atoms with Crippen LogP contribution in [0.5, 0.6) is 0 Å². The van der Waals surface area contributed by atoms with Gasteiger partial charge in [0.25, 0.3) is 0 Å². The van der Waals surface area contributed by atoms with Gasteiger partial charge in [0.1, 0.15) is 6.04 Å². The van der Waals surface area contributed by atoms with Crippen LogP contribution in [0.3, 0.4) is 0 Å². The minimum Gasteiger partial charge on any atom is -0.480 e. The van der Waals surface area contributed by atoms with Gasteiger partial charge in [0, 0.05) is 11.1 Å². The smallest absolute Gasteiger partial charge is 0.323 e. The van der Waals surface area contributed by atoms with Crippen LogP contribution in [0, 0.1) is 0 Å². The normalized spacial score (nSPS) is 13.9. The standard InChI is InChI=1S/C15H18N2O3/c1-10(18)14(15(19)20)17-9-16-13-8-4-6-11-5-2-3-7-12(11)13/h2-8,10,14,16-18H,9H2,1H3,(H,19,20). The molecule has 2 aromatic rings. The highest BCUT2D eigenvalue weighted by Gasteiger charge is 2.21. The third-order valence-electron chi connectivity index (χ3n) is 3.14. The predicted molar refractivity (Wildman–Crippen MR) is 78.7 cm³/mol. The molecular formula is C15H18N2O3. The van der Waals surface area contributed by atoms with Gasteiger partial charge in [-0.3, -0.25) is 10.1 Å². The van der Waals surface area contributed by atoms with Crippen molar-refractivity contribution < 1.29 is 15.0 Å². The zero-order chi connectivity index (χ0) is 14.5. The number of carboxylic acid groups (broad SMARTS) is 1. The number of fused-ring (bicyclic) bond motifs is 1. The van der Waals surface area contributed by atoms with Gasteiger partial charge >= 0.3 is 5.97 Å². The van der Waals surface area contributed by atoms with Crippen molar-refractivity contribution in [3.05, 3.63) is 42.5 Å². The molecule has 2 aromatic carbocycles. The number of aliphatic hydroxyl groups is 1. The average Bonchev–Trinajstić information content (AvgIpc) is 2.42. The summed E-state index contributed by atoms with van der Waals surface area (Å²) in [5.74, 6) is -1.07. The number of carbonyl (C=O) groups is 1. The summed E-state index contributed by atoms with van der Waals surface area (Å²) in [5.41, 5.74) is 0.922. The van der Waals surface area contributed by atoms with Gasteiger partial charge in [-0.15, -0.1) is 0 Å². The molecule has 0 fully saturated rings. The Balaban J connectivity index is 2.04. The van der Waals surface area contributed by atoms with E-state index >= 15 is 0 Å². The van der Waals surface area contributed by atoms with Gasteiger partial charge in [0.05, 0.1) is 12.8 Å². The highest BCUT2D eigenvalue weighted by atomic mass is 16.4. The molecule has 0 amide bonds. The summed E-state index contributed by atoms with van der Waals surface area (Å²) in [6.07, 6.45) is -0.957. The van der Waals surface area contributed by atoms with Gasteiger partial charge in [-0.25, -0.2) is 0 Å². The van der Waals surface area contributed by atoms with E-state index in [1.54, 1.807) is 0 Å². The Hall–Kier alpha value is -2.11. The summed E-state index contributed by atoms with van der Waals surface area (Å²) < 4.78 is 0. The fourth-order valence-electron chi connectivity index (χ4n) is 2.10. The molecule has 2 unspecified atom stereocenters. The monoisotopic (exact) mass is 274 g/mol. The summed E-state index contributed by atoms with van der Waals surface area (Å²) >= 11 is 0. The zero-order valence-electron chi connectivity index (χ0n) is 11.2. The highest BCUT2D eigenvalue weighted by molar-refractivity contribution is 5.93. The Morgan fingerprint density at radius 3 is 2.60 bits per heavy atom. The van der Waals surface area contributed by atoms with Crippen molar-refractivity contribution in [3.63, 3.8) is 0 Å². The second-order valence-corrected chi connectivity index (χ2v) is 4.64. The van der Waals surface area contributed by atoms with Crippen LogP contribution in [0.1, 0.15) is 6.92 Å². The Morgan fingerprint density at radius 1 is 1.20 bits per heavy atom. The van der Waals surface area contributed by atoms with Crippen LogP contribution in [0.25, 0.3) is 10.8 Å². The van der Waals surface area contributed by atoms with Gasteiger partial charge in [-0.1, -0.05) is 36.4 Å². The summed E-state index contributed by atoms with van der Waals surface area (Å²) in [6.45, 7) is 1.71. The molecule has 0 spiro atoms. The number of aliphatic carboxylic acids is 1. The van der Waals surface area contributed by atoms with E-state index in [-0.39, 0.29) is 6.67 Å². The number of carboxylic acids is 1. The third-order valence-corrected chi connectivity index (χ3v) is 3.14. The summed E-state index contributed by atoms with van der Waals surface area (Å²) in [7, 11) is 0.